The van der Waals surface area contributed by atoms with Gasteiger partial charge in [-0.25, -0.2) is 14.8 Å². The molecule has 0 aliphatic heterocycles. The molecule has 162 valence electrons. The molecular formula is C26H19N3O3S. The minimum absolute atomic E-state index is 0.282. The number of rotatable bonds is 5. The zero-order valence-electron chi connectivity index (χ0n) is 17.7. The number of hydrogen-bond acceptors (Lipinski definition) is 7. The molecule has 0 saturated heterocycles. The lowest BCUT2D eigenvalue weighted by atomic mass is 10.1. The van der Waals surface area contributed by atoms with E-state index in [9.17, 15) is 4.79 Å². The fourth-order valence-electron chi connectivity index (χ4n) is 3.57. The zero-order valence-corrected chi connectivity index (χ0v) is 18.5. The second-order valence-corrected chi connectivity index (χ2v) is 8.19. The van der Waals surface area contributed by atoms with Crippen LogP contribution in [0.2, 0.25) is 0 Å². The van der Waals surface area contributed by atoms with E-state index in [2.05, 4.69) is 0 Å². The number of methoxy groups -OCH3 is 1. The van der Waals surface area contributed by atoms with Crippen molar-refractivity contribution in [1.29, 1.82) is 0 Å². The number of nitrogens with zero attached hydrogens (tertiary/aromatic N) is 2. The Morgan fingerprint density at radius 3 is 2.27 bits per heavy atom. The normalized spacial score (nSPS) is 10.8. The highest BCUT2D eigenvalue weighted by atomic mass is 32.1. The number of aromatic nitrogens is 2. The van der Waals surface area contributed by atoms with E-state index in [1.54, 1.807) is 31.4 Å². The fourth-order valence-corrected chi connectivity index (χ4v) is 4.54. The Labute approximate surface area is 194 Å². The van der Waals surface area contributed by atoms with Gasteiger partial charge >= 0.3 is 5.97 Å². The Morgan fingerprint density at radius 2 is 1.55 bits per heavy atom. The predicted molar refractivity (Wildman–Crippen MR) is 131 cm³/mol. The van der Waals surface area contributed by atoms with Crippen LogP contribution in [-0.4, -0.2) is 23.0 Å². The topological polar surface area (TPSA) is 87.3 Å². The lowest BCUT2D eigenvalue weighted by Crippen LogP contribution is -2.08. The summed E-state index contributed by atoms with van der Waals surface area (Å²) in [6.45, 7) is 0. The van der Waals surface area contributed by atoms with Crippen LogP contribution in [0.3, 0.4) is 0 Å². The highest BCUT2D eigenvalue weighted by Crippen LogP contribution is 2.42. The van der Waals surface area contributed by atoms with E-state index in [1.165, 1.54) is 11.3 Å². The minimum Gasteiger partial charge on any atom is -0.496 e. The van der Waals surface area contributed by atoms with Gasteiger partial charge in [-0.05, 0) is 24.3 Å². The highest BCUT2D eigenvalue weighted by Gasteiger charge is 2.25. The Hall–Kier alpha value is -4.23. The molecule has 33 heavy (non-hydrogen) atoms. The molecule has 2 aromatic heterocycles. The third kappa shape index (κ3) is 3.90. The quantitative estimate of drug-likeness (QED) is 0.266. The number of esters is 1. The van der Waals surface area contributed by atoms with Crippen LogP contribution in [0.5, 0.6) is 11.5 Å². The van der Waals surface area contributed by atoms with E-state index in [1.807, 2.05) is 60.7 Å². The molecule has 0 aliphatic carbocycles. The molecule has 2 heterocycles. The maximum Gasteiger partial charge on any atom is 0.355 e. The molecule has 7 heteroatoms. The van der Waals surface area contributed by atoms with Crippen LogP contribution < -0.4 is 15.2 Å². The van der Waals surface area contributed by atoms with E-state index in [4.69, 9.17) is 25.2 Å². The van der Waals surface area contributed by atoms with Crippen molar-refractivity contribution in [2.24, 2.45) is 0 Å². The van der Waals surface area contributed by atoms with Crippen LogP contribution in [0.1, 0.15) is 9.67 Å². The molecule has 0 radical (unpaired) electrons. The van der Waals surface area contributed by atoms with Gasteiger partial charge in [-0.1, -0.05) is 60.7 Å². The number of carbonyl (C=O) groups excluding carboxylic acids is 1. The van der Waals surface area contributed by atoms with Gasteiger partial charge in [0, 0.05) is 11.1 Å². The Kier molecular flexibility index (Phi) is 5.46. The number of hydrogen-bond donors (Lipinski definition) is 1. The van der Waals surface area contributed by atoms with E-state index in [0.29, 0.717) is 33.2 Å². The minimum atomic E-state index is -0.533. The Balaban J connectivity index is 1.72. The first-order chi connectivity index (χ1) is 16.2. The number of benzene rings is 3. The van der Waals surface area contributed by atoms with Crippen LogP contribution in [0, 0.1) is 0 Å². The highest BCUT2D eigenvalue weighted by molar-refractivity contribution is 7.21. The average Bonchev–Trinajstić information content (AvgIpc) is 3.21. The summed E-state index contributed by atoms with van der Waals surface area (Å²) in [6.07, 6.45) is 0. The van der Waals surface area contributed by atoms with Crippen LogP contribution in [-0.2, 0) is 0 Å². The molecule has 0 spiro atoms. The number of nitrogens with two attached hydrogens (primary N) is 1. The third-order valence-corrected chi connectivity index (χ3v) is 6.20. The lowest BCUT2D eigenvalue weighted by Gasteiger charge is -2.11. The standard InChI is InChI=1S/C26H19N3O3S/c1-31-19-15-9-8-14-18(19)22-20-21(27)23(26(30)32-17-12-6-3-7-13-17)33-25(20)29-24(28-22)16-10-4-2-5-11-16/h2-15H,27H2,1H3. The second-order valence-electron chi connectivity index (χ2n) is 7.19. The molecule has 5 rings (SSSR count). The van der Waals surface area contributed by atoms with Crippen molar-refractivity contribution < 1.29 is 14.3 Å². The first-order valence-electron chi connectivity index (χ1n) is 10.2. The molecule has 0 bridgehead atoms. The number of thiophene rings is 1. The summed E-state index contributed by atoms with van der Waals surface area (Å²) >= 11 is 1.19. The van der Waals surface area contributed by atoms with Crippen molar-refractivity contribution in [3.8, 4) is 34.1 Å². The summed E-state index contributed by atoms with van der Waals surface area (Å²) in [5.41, 5.74) is 9.01. The summed E-state index contributed by atoms with van der Waals surface area (Å²) in [7, 11) is 1.61. The number of carbonyl (C=O) groups is 1. The van der Waals surface area contributed by atoms with Crippen molar-refractivity contribution in [3.05, 3.63) is 89.8 Å². The van der Waals surface area contributed by atoms with E-state index >= 15 is 0 Å². The molecule has 3 aromatic carbocycles. The maximum atomic E-state index is 13.0. The van der Waals surface area contributed by atoms with Crippen molar-refractivity contribution in [2.75, 3.05) is 12.8 Å². The average molecular weight is 454 g/mol. The van der Waals surface area contributed by atoms with Crippen molar-refractivity contribution in [3.63, 3.8) is 0 Å². The van der Waals surface area contributed by atoms with Gasteiger partial charge in [0.05, 0.1) is 23.9 Å². The van der Waals surface area contributed by atoms with Crippen LogP contribution >= 0.6 is 11.3 Å². The second kappa shape index (κ2) is 8.72. The third-order valence-electron chi connectivity index (χ3n) is 5.12. The first kappa shape index (κ1) is 20.7. The van der Waals surface area contributed by atoms with E-state index in [-0.39, 0.29) is 10.6 Å². The maximum absolute atomic E-state index is 13.0. The number of fused-ring (bicyclic) bond motifs is 1. The molecule has 0 amide bonds. The molecule has 0 fully saturated rings. The monoisotopic (exact) mass is 453 g/mol. The molecular weight excluding hydrogens is 434 g/mol. The molecule has 0 saturated carbocycles. The number of anilines is 1. The molecule has 0 unspecified atom stereocenters. The fraction of sp³-hybridized carbons (Fsp3) is 0.0385. The summed E-state index contributed by atoms with van der Waals surface area (Å²) in [6, 6.07) is 26.1. The van der Waals surface area contributed by atoms with Crippen LogP contribution in [0.4, 0.5) is 5.69 Å². The van der Waals surface area contributed by atoms with Gasteiger partial charge in [-0.3, -0.25) is 0 Å². The SMILES string of the molecule is COc1ccccc1-c1nc(-c2ccccc2)nc2sc(C(=O)Oc3ccccc3)c(N)c12. The molecule has 2 N–H and O–H groups in total. The Morgan fingerprint density at radius 1 is 0.879 bits per heavy atom. The smallest absolute Gasteiger partial charge is 0.355 e. The van der Waals surface area contributed by atoms with Gasteiger partial charge in [-0.15, -0.1) is 11.3 Å². The number of ether oxygens (including phenoxy) is 2. The molecule has 0 atom stereocenters. The van der Waals surface area contributed by atoms with Gasteiger partial charge in [0.1, 0.15) is 21.2 Å². The molecule has 6 nitrogen and oxygen atoms in total. The van der Waals surface area contributed by atoms with Crippen LogP contribution in [0.25, 0.3) is 32.9 Å². The van der Waals surface area contributed by atoms with Gasteiger partial charge in [0.25, 0.3) is 0 Å². The van der Waals surface area contributed by atoms with E-state index in [0.717, 1.165) is 11.1 Å². The number of nitrogen functional groups attached to an aromatic ring is 1. The number of para-hydroxylation sites is 2. The summed E-state index contributed by atoms with van der Waals surface area (Å²) in [5, 5.41) is 0.601. The zero-order chi connectivity index (χ0) is 22.8. The van der Waals surface area contributed by atoms with Crippen molar-refractivity contribution in [2.45, 2.75) is 0 Å². The van der Waals surface area contributed by atoms with Gasteiger partial charge in [0.15, 0.2) is 5.82 Å². The summed E-state index contributed by atoms with van der Waals surface area (Å²) in [4.78, 5) is 23.4. The van der Waals surface area contributed by atoms with E-state index < -0.39 is 5.97 Å². The summed E-state index contributed by atoms with van der Waals surface area (Å²) < 4.78 is 11.1. The predicted octanol–water partition coefficient (Wildman–Crippen LogP) is 5.84. The van der Waals surface area contributed by atoms with Crippen molar-refractivity contribution >= 4 is 33.2 Å². The largest absolute Gasteiger partial charge is 0.496 e. The lowest BCUT2D eigenvalue weighted by molar-refractivity contribution is 0.0741. The first-order valence-corrected chi connectivity index (χ1v) is 11.0. The van der Waals surface area contributed by atoms with Crippen LogP contribution in [0.15, 0.2) is 84.9 Å². The summed E-state index contributed by atoms with van der Waals surface area (Å²) in [5.74, 6) is 1.10. The van der Waals surface area contributed by atoms with Gasteiger partial charge in [0.2, 0.25) is 0 Å². The molecule has 5 aromatic rings. The van der Waals surface area contributed by atoms with Gasteiger partial charge < -0.3 is 15.2 Å². The molecule has 0 aliphatic rings. The van der Waals surface area contributed by atoms with Crippen molar-refractivity contribution in [1.82, 2.24) is 9.97 Å². The van der Waals surface area contributed by atoms with Gasteiger partial charge in [-0.2, -0.15) is 0 Å². The Bertz CT molecular complexity index is 1450.